The van der Waals surface area contributed by atoms with Gasteiger partial charge in [0.05, 0.1) is 11.6 Å². The molecule has 0 aliphatic carbocycles. The largest absolute Gasteiger partial charge is 0.192 e. The predicted octanol–water partition coefficient (Wildman–Crippen LogP) is 4.50. The van der Waals surface area contributed by atoms with E-state index in [4.69, 9.17) is 16.9 Å². The number of nitrogens with zero attached hydrogens (tertiary/aromatic N) is 1. The fraction of sp³-hybridized carbons (Fsp3) is 0.0714. The number of nitriles is 1. The minimum atomic E-state index is 0.696. The summed E-state index contributed by atoms with van der Waals surface area (Å²) >= 11 is 7.65. The zero-order valence-corrected chi connectivity index (χ0v) is 10.6. The summed E-state index contributed by atoms with van der Waals surface area (Å²) in [6.45, 7) is 0. The van der Waals surface area contributed by atoms with Crippen LogP contribution in [0.2, 0.25) is 5.02 Å². The quantitative estimate of drug-likeness (QED) is 0.758. The Balaban J connectivity index is 2.00. The average Bonchev–Trinajstić information content (AvgIpc) is 2.37. The Morgan fingerprint density at radius 2 is 1.88 bits per heavy atom. The normalized spacial score (nSPS) is 9.88. The number of benzene rings is 2. The van der Waals surface area contributed by atoms with E-state index in [0.717, 1.165) is 15.7 Å². The molecule has 2 aromatic carbocycles. The average molecular weight is 260 g/mol. The highest BCUT2D eigenvalue weighted by Gasteiger charge is 1.98. The van der Waals surface area contributed by atoms with Crippen LogP contribution in [0.4, 0.5) is 0 Å². The molecule has 2 aromatic rings. The molecule has 0 bridgehead atoms. The molecule has 0 saturated heterocycles. The van der Waals surface area contributed by atoms with E-state index >= 15 is 0 Å². The van der Waals surface area contributed by atoms with E-state index in [9.17, 15) is 0 Å². The van der Waals surface area contributed by atoms with Gasteiger partial charge in [-0.25, -0.2) is 0 Å². The van der Waals surface area contributed by atoms with Crippen molar-refractivity contribution in [2.45, 2.75) is 10.6 Å². The molecule has 0 spiro atoms. The Labute approximate surface area is 110 Å². The van der Waals surface area contributed by atoms with Crippen LogP contribution in [0, 0.1) is 11.3 Å². The van der Waals surface area contributed by atoms with E-state index in [1.807, 2.05) is 48.5 Å². The molecule has 0 fully saturated rings. The highest BCUT2D eigenvalue weighted by Crippen LogP contribution is 2.25. The molecular weight excluding hydrogens is 250 g/mol. The Kier molecular flexibility index (Phi) is 4.08. The van der Waals surface area contributed by atoms with Crippen molar-refractivity contribution in [3.63, 3.8) is 0 Å². The van der Waals surface area contributed by atoms with E-state index in [-0.39, 0.29) is 0 Å². The van der Waals surface area contributed by atoms with Crippen molar-refractivity contribution < 1.29 is 0 Å². The van der Waals surface area contributed by atoms with Crippen LogP contribution in [0.1, 0.15) is 11.1 Å². The van der Waals surface area contributed by atoms with Gasteiger partial charge in [0.25, 0.3) is 0 Å². The summed E-state index contributed by atoms with van der Waals surface area (Å²) in [5, 5.41) is 9.46. The third-order valence-electron chi connectivity index (χ3n) is 2.28. The van der Waals surface area contributed by atoms with Crippen LogP contribution in [-0.4, -0.2) is 0 Å². The van der Waals surface area contributed by atoms with Crippen LogP contribution in [0.25, 0.3) is 0 Å². The summed E-state index contributed by atoms with van der Waals surface area (Å²) in [4.78, 5) is 1.15. The van der Waals surface area contributed by atoms with E-state index in [2.05, 4.69) is 6.07 Å². The number of halogens is 1. The van der Waals surface area contributed by atoms with E-state index in [0.29, 0.717) is 5.56 Å². The number of hydrogen-bond donors (Lipinski definition) is 0. The molecule has 2 rings (SSSR count). The number of hydrogen-bond acceptors (Lipinski definition) is 2. The standard InChI is InChI=1S/C14H10ClNS/c15-13-2-1-3-14(8-13)17-10-12-6-4-11(9-16)5-7-12/h1-8H,10H2. The van der Waals surface area contributed by atoms with Gasteiger partial charge in [-0.2, -0.15) is 5.26 Å². The summed E-state index contributed by atoms with van der Waals surface area (Å²) in [6.07, 6.45) is 0. The Morgan fingerprint density at radius 3 is 2.53 bits per heavy atom. The third kappa shape index (κ3) is 3.52. The molecular formula is C14H10ClNS. The van der Waals surface area contributed by atoms with E-state index in [1.165, 1.54) is 5.56 Å². The minimum Gasteiger partial charge on any atom is -0.192 e. The molecule has 3 heteroatoms. The van der Waals surface area contributed by atoms with Crippen LogP contribution in [-0.2, 0) is 5.75 Å². The fourth-order valence-electron chi connectivity index (χ4n) is 1.40. The molecule has 0 heterocycles. The molecule has 0 aromatic heterocycles. The summed E-state index contributed by atoms with van der Waals surface area (Å²) < 4.78 is 0. The molecule has 1 nitrogen and oxygen atoms in total. The van der Waals surface area contributed by atoms with Crippen LogP contribution in [0.3, 0.4) is 0 Å². The van der Waals surface area contributed by atoms with Gasteiger partial charge in [0, 0.05) is 15.7 Å². The third-order valence-corrected chi connectivity index (χ3v) is 3.58. The summed E-state index contributed by atoms with van der Waals surface area (Å²) in [6, 6.07) is 17.6. The first kappa shape index (κ1) is 12.0. The number of thioether (sulfide) groups is 1. The first-order chi connectivity index (χ1) is 8.28. The SMILES string of the molecule is N#Cc1ccc(CSc2cccc(Cl)c2)cc1. The second-order valence-electron chi connectivity index (χ2n) is 3.55. The molecule has 0 amide bonds. The topological polar surface area (TPSA) is 23.8 Å². The van der Waals surface area contributed by atoms with Gasteiger partial charge >= 0.3 is 0 Å². The van der Waals surface area contributed by atoms with Gasteiger partial charge in [0.1, 0.15) is 0 Å². The molecule has 17 heavy (non-hydrogen) atoms. The summed E-state index contributed by atoms with van der Waals surface area (Å²) in [5.41, 5.74) is 1.90. The van der Waals surface area contributed by atoms with Crippen LogP contribution in [0.5, 0.6) is 0 Å². The van der Waals surface area contributed by atoms with Crippen molar-refractivity contribution in [2.75, 3.05) is 0 Å². The van der Waals surface area contributed by atoms with E-state index in [1.54, 1.807) is 11.8 Å². The van der Waals surface area contributed by atoms with Crippen molar-refractivity contribution in [3.8, 4) is 6.07 Å². The first-order valence-corrected chi connectivity index (χ1v) is 6.52. The Morgan fingerprint density at radius 1 is 1.12 bits per heavy atom. The van der Waals surface area contributed by atoms with Gasteiger partial charge in [0.15, 0.2) is 0 Å². The van der Waals surface area contributed by atoms with Crippen LogP contribution in [0.15, 0.2) is 53.4 Å². The molecule has 0 atom stereocenters. The van der Waals surface area contributed by atoms with Gasteiger partial charge in [-0.05, 0) is 35.9 Å². The highest BCUT2D eigenvalue weighted by atomic mass is 35.5. The van der Waals surface area contributed by atoms with Crippen molar-refractivity contribution in [2.24, 2.45) is 0 Å². The van der Waals surface area contributed by atoms with Gasteiger partial charge in [-0.15, -0.1) is 11.8 Å². The molecule has 0 aliphatic rings. The summed E-state index contributed by atoms with van der Waals surface area (Å²) in [5.74, 6) is 0.881. The van der Waals surface area contributed by atoms with Gasteiger partial charge < -0.3 is 0 Å². The number of rotatable bonds is 3. The maximum Gasteiger partial charge on any atom is 0.0991 e. The molecule has 0 unspecified atom stereocenters. The maximum atomic E-state index is 8.70. The second-order valence-corrected chi connectivity index (χ2v) is 5.04. The zero-order chi connectivity index (χ0) is 12.1. The first-order valence-electron chi connectivity index (χ1n) is 5.15. The summed E-state index contributed by atoms with van der Waals surface area (Å²) in [7, 11) is 0. The van der Waals surface area contributed by atoms with Crippen LogP contribution >= 0.6 is 23.4 Å². The fourth-order valence-corrected chi connectivity index (χ4v) is 2.56. The lowest BCUT2D eigenvalue weighted by molar-refractivity contribution is 1.37. The molecule has 0 saturated carbocycles. The smallest absolute Gasteiger partial charge is 0.0991 e. The van der Waals surface area contributed by atoms with Crippen molar-refractivity contribution in [1.82, 2.24) is 0 Å². The van der Waals surface area contributed by atoms with Crippen molar-refractivity contribution in [1.29, 1.82) is 5.26 Å². The van der Waals surface area contributed by atoms with Crippen molar-refractivity contribution >= 4 is 23.4 Å². The molecule has 0 radical (unpaired) electrons. The van der Waals surface area contributed by atoms with Gasteiger partial charge in [0.2, 0.25) is 0 Å². The van der Waals surface area contributed by atoms with Crippen LogP contribution < -0.4 is 0 Å². The lowest BCUT2D eigenvalue weighted by Gasteiger charge is -2.02. The van der Waals surface area contributed by atoms with Gasteiger partial charge in [-0.1, -0.05) is 29.8 Å². The monoisotopic (exact) mass is 259 g/mol. The Bertz CT molecular complexity index is 543. The van der Waals surface area contributed by atoms with Gasteiger partial charge in [-0.3, -0.25) is 0 Å². The predicted molar refractivity (Wildman–Crippen MR) is 72.2 cm³/mol. The lowest BCUT2D eigenvalue weighted by atomic mass is 10.2. The highest BCUT2D eigenvalue weighted by molar-refractivity contribution is 7.98. The molecule has 84 valence electrons. The molecule has 0 aliphatic heterocycles. The second kappa shape index (κ2) is 5.77. The maximum absolute atomic E-state index is 8.70. The Hall–Kier alpha value is -1.43. The zero-order valence-electron chi connectivity index (χ0n) is 9.06. The molecule has 0 N–H and O–H groups in total. The van der Waals surface area contributed by atoms with E-state index < -0.39 is 0 Å². The minimum absolute atomic E-state index is 0.696. The lowest BCUT2D eigenvalue weighted by Crippen LogP contribution is -1.81. The van der Waals surface area contributed by atoms with Crippen molar-refractivity contribution in [3.05, 3.63) is 64.7 Å².